The van der Waals surface area contributed by atoms with Crippen LogP contribution in [0.4, 0.5) is 0 Å². The van der Waals surface area contributed by atoms with Gasteiger partial charge in [-0.15, -0.1) is 0 Å². The third-order valence-electron chi connectivity index (χ3n) is 5.35. The molecule has 6 heteroatoms. The first-order valence-electron chi connectivity index (χ1n) is 8.17. The summed E-state index contributed by atoms with van der Waals surface area (Å²) < 4.78 is 10.1. The Morgan fingerprint density at radius 3 is 2.54 bits per heavy atom. The van der Waals surface area contributed by atoms with Gasteiger partial charge in [0.15, 0.2) is 6.10 Å². The number of esters is 2. The molecular weight excluding hydrogens is 310 g/mol. The van der Waals surface area contributed by atoms with Crippen LogP contribution in [-0.4, -0.2) is 50.4 Å². The zero-order valence-corrected chi connectivity index (χ0v) is 14.2. The Morgan fingerprint density at radius 1 is 1.21 bits per heavy atom. The maximum absolute atomic E-state index is 12.9. The molecule has 0 aromatic heterocycles. The van der Waals surface area contributed by atoms with E-state index in [1.54, 1.807) is 12.1 Å². The molecule has 0 unspecified atom stereocenters. The lowest BCUT2D eigenvalue weighted by molar-refractivity contribution is -0.185. The lowest BCUT2D eigenvalue weighted by Gasteiger charge is -2.44. The first kappa shape index (κ1) is 16.9. The third kappa shape index (κ3) is 2.41. The number of benzene rings is 1. The molecule has 2 aliphatic rings. The zero-order valence-electron chi connectivity index (χ0n) is 14.2. The Hall–Kier alpha value is -1.92. The van der Waals surface area contributed by atoms with E-state index in [4.69, 9.17) is 14.3 Å². The van der Waals surface area contributed by atoms with E-state index in [0.29, 0.717) is 6.42 Å². The van der Waals surface area contributed by atoms with Gasteiger partial charge in [0.25, 0.3) is 0 Å². The lowest BCUT2D eigenvalue weighted by atomic mass is 9.61. The SMILES string of the molecule is COC(=O)[C@@H]1ON(C)[C@@H]2[C@H]1CCC[C@]2(C(=O)OC)c1ccccc1. The van der Waals surface area contributed by atoms with Gasteiger partial charge in [0.05, 0.1) is 20.3 Å². The van der Waals surface area contributed by atoms with E-state index in [-0.39, 0.29) is 17.9 Å². The molecule has 1 saturated heterocycles. The maximum atomic E-state index is 12.9. The summed E-state index contributed by atoms with van der Waals surface area (Å²) in [6.07, 6.45) is 1.60. The maximum Gasteiger partial charge on any atom is 0.337 e. The van der Waals surface area contributed by atoms with Crippen molar-refractivity contribution >= 4 is 11.9 Å². The molecule has 1 aromatic rings. The molecule has 0 bridgehead atoms. The van der Waals surface area contributed by atoms with Gasteiger partial charge in [-0.2, -0.15) is 5.06 Å². The number of rotatable bonds is 3. The van der Waals surface area contributed by atoms with Gasteiger partial charge in [0.1, 0.15) is 5.41 Å². The molecule has 3 rings (SSSR count). The highest BCUT2D eigenvalue weighted by atomic mass is 16.7. The van der Waals surface area contributed by atoms with Gasteiger partial charge in [-0.05, 0) is 18.4 Å². The van der Waals surface area contributed by atoms with Crippen LogP contribution in [0, 0.1) is 5.92 Å². The molecule has 0 amide bonds. The minimum atomic E-state index is -0.851. The second kappa shape index (κ2) is 6.53. The van der Waals surface area contributed by atoms with Crippen molar-refractivity contribution in [3.63, 3.8) is 0 Å². The number of fused-ring (bicyclic) bond motifs is 1. The van der Waals surface area contributed by atoms with Crippen LogP contribution in [0.3, 0.4) is 0 Å². The Balaban J connectivity index is 2.09. The van der Waals surface area contributed by atoms with Crippen LogP contribution in [0.2, 0.25) is 0 Å². The van der Waals surface area contributed by atoms with Crippen LogP contribution >= 0.6 is 0 Å². The summed E-state index contributed by atoms with van der Waals surface area (Å²) in [5.74, 6) is -0.803. The summed E-state index contributed by atoms with van der Waals surface area (Å²) in [7, 11) is 4.53. The molecule has 0 radical (unpaired) electrons. The van der Waals surface area contributed by atoms with Crippen LogP contribution in [0.25, 0.3) is 0 Å². The fraction of sp³-hybridized carbons (Fsp3) is 0.556. The molecule has 1 saturated carbocycles. The highest BCUT2D eigenvalue weighted by molar-refractivity contribution is 5.85. The number of ether oxygens (including phenoxy) is 2. The average molecular weight is 333 g/mol. The average Bonchev–Trinajstić information content (AvgIpc) is 2.98. The van der Waals surface area contributed by atoms with Crippen LogP contribution in [0.5, 0.6) is 0 Å². The van der Waals surface area contributed by atoms with Crippen molar-refractivity contribution < 1.29 is 23.9 Å². The Labute approximate surface area is 141 Å². The van der Waals surface area contributed by atoms with E-state index in [9.17, 15) is 9.59 Å². The standard InChI is InChI=1S/C18H23NO5/c1-19-15-13(14(24-19)16(20)22-2)10-7-11-18(15,17(21)23-3)12-8-5-4-6-9-12/h4-6,8-9,13-15H,7,10-11H2,1-3H3/t13-,14+,15+,18-/m0/s1. The van der Waals surface area contributed by atoms with Gasteiger partial charge < -0.3 is 9.47 Å². The van der Waals surface area contributed by atoms with Crippen molar-refractivity contribution in [1.29, 1.82) is 0 Å². The van der Waals surface area contributed by atoms with Crippen molar-refractivity contribution in [3.05, 3.63) is 35.9 Å². The predicted octanol–water partition coefficient (Wildman–Crippen LogP) is 1.68. The second-order valence-corrected chi connectivity index (χ2v) is 6.43. The number of carbonyl (C=O) groups excluding carboxylic acids is 2. The molecule has 4 atom stereocenters. The van der Waals surface area contributed by atoms with Crippen LogP contribution in [0.1, 0.15) is 24.8 Å². The van der Waals surface area contributed by atoms with Gasteiger partial charge >= 0.3 is 11.9 Å². The van der Waals surface area contributed by atoms with Gasteiger partial charge in [0.2, 0.25) is 0 Å². The molecular formula is C18H23NO5. The fourth-order valence-corrected chi connectivity index (χ4v) is 4.42. The number of hydrogen-bond acceptors (Lipinski definition) is 6. The number of methoxy groups -OCH3 is 2. The molecule has 1 aliphatic heterocycles. The number of hydrogen-bond donors (Lipinski definition) is 0. The predicted molar refractivity (Wildman–Crippen MR) is 85.9 cm³/mol. The van der Waals surface area contributed by atoms with Crippen LogP contribution < -0.4 is 0 Å². The molecule has 2 fully saturated rings. The molecule has 24 heavy (non-hydrogen) atoms. The van der Waals surface area contributed by atoms with Gasteiger partial charge in [-0.25, -0.2) is 4.79 Å². The number of hydroxylamine groups is 2. The van der Waals surface area contributed by atoms with E-state index in [2.05, 4.69) is 0 Å². The van der Waals surface area contributed by atoms with E-state index in [1.807, 2.05) is 30.3 Å². The normalized spacial score (nSPS) is 32.9. The molecule has 6 nitrogen and oxygen atoms in total. The minimum Gasteiger partial charge on any atom is -0.468 e. The molecule has 130 valence electrons. The first-order chi connectivity index (χ1) is 11.6. The van der Waals surface area contributed by atoms with Crippen molar-refractivity contribution in [1.82, 2.24) is 5.06 Å². The molecule has 1 aliphatic carbocycles. The number of likely N-dealkylation sites (N-methyl/N-ethyl adjacent to an activating group) is 1. The van der Waals surface area contributed by atoms with Gasteiger partial charge in [-0.3, -0.25) is 9.63 Å². The van der Waals surface area contributed by atoms with Crippen molar-refractivity contribution in [2.24, 2.45) is 5.92 Å². The summed E-state index contributed by atoms with van der Waals surface area (Å²) in [6, 6.07) is 9.36. The van der Waals surface area contributed by atoms with E-state index in [0.717, 1.165) is 18.4 Å². The van der Waals surface area contributed by atoms with E-state index in [1.165, 1.54) is 14.2 Å². The monoisotopic (exact) mass is 333 g/mol. The van der Waals surface area contributed by atoms with Crippen molar-refractivity contribution in [2.75, 3.05) is 21.3 Å². The molecule has 1 aromatic carbocycles. The largest absolute Gasteiger partial charge is 0.468 e. The molecule has 1 heterocycles. The summed E-state index contributed by atoms with van der Waals surface area (Å²) in [5.41, 5.74) is 0.0451. The van der Waals surface area contributed by atoms with Crippen molar-refractivity contribution in [3.8, 4) is 0 Å². The third-order valence-corrected chi connectivity index (χ3v) is 5.35. The minimum absolute atomic E-state index is 0.115. The highest BCUT2D eigenvalue weighted by Gasteiger charge is 2.61. The quantitative estimate of drug-likeness (QED) is 0.784. The number of nitrogens with zero attached hydrogens (tertiary/aromatic N) is 1. The van der Waals surface area contributed by atoms with Gasteiger partial charge in [0, 0.05) is 13.0 Å². The topological polar surface area (TPSA) is 65.1 Å². The van der Waals surface area contributed by atoms with Gasteiger partial charge in [-0.1, -0.05) is 36.8 Å². The van der Waals surface area contributed by atoms with Crippen LogP contribution in [0.15, 0.2) is 30.3 Å². The van der Waals surface area contributed by atoms with E-state index < -0.39 is 17.5 Å². The Kier molecular flexibility index (Phi) is 4.60. The van der Waals surface area contributed by atoms with Crippen molar-refractivity contribution in [2.45, 2.75) is 36.8 Å². The fourth-order valence-electron chi connectivity index (χ4n) is 4.42. The van der Waals surface area contributed by atoms with Crippen LogP contribution in [-0.2, 0) is 29.3 Å². The lowest BCUT2D eigenvalue weighted by Crippen LogP contribution is -2.57. The number of carbonyl (C=O) groups is 2. The summed E-state index contributed by atoms with van der Waals surface area (Å²) in [4.78, 5) is 30.8. The Bertz CT molecular complexity index is 619. The molecule has 0 spiro atoms. The second-order valence-electron chi connectivity index (χ2n) is 6.43. The summed E-state index contributed by atoms with van der Waals surface area (Å²) >= 11 is 0. The highest BCUT2D eigenvalue weighted by Crippen LogP contribution is 2.50. The molecule has 0 N–H and O–H groups in total. The Morgan fingerprint density at radius 2 is 1.92 bits per heavy atom. The summed E-state index contributed by atoms with van der Waals surface area (Å²) in [5, 5.41) is 1.65. The zero-order chi connectivity index (χ0) is 17.3. The van der Waals surface area contributed by atoms with E-state index >= 15 is 0 Å². The summed E-state index contributed by atoms with van der Waals surface area (Å²) in [6.45, 7) is 0. The first-order valence-corrected chi connectivity index (χ1v) is 8.17. The smallest absolute Gasteiger partial charge is 0.337 e.